The van der Waals surface area contributed by atoms with Gasteiger partial charge in [0, 0.05) is 29.1 Å². The van der Waals surface area contributed by atoms with Gasteiger partial charge in [0.2, 0.25) is 5.91 Å². The second kappa shape index (κ2) is 14.8. The number of ether oxygens (including phenoxy) is 2. The molecule has 1 heterocycles. The Hall–Kier alpha value is -4.24. The standard InChI is InChI=1S/C38H39Cl2F2N3O6/c1-6-51-36(49)24-14-21(24)18-45-30(17-37(2,3)4)38(19-43,25-12-11-22(39)16-27(25)41)31(23-8-7-9-26(40)32(23)42)33(45)34(46)44-28-13-10-20(35(47)48)15-29(28)50-5/h7-13,15-16,21,24,30-31,33H,6,14,17-18H2,1-5H3,(H,44,46)(H,47,48)/t21?,24-,30+,31+,33-,38+/m1/s1. The lowest BCUT2D eigenvalue weighted by Gasteiger charge is -2.39. The van der Waals surface area contributed by atoms with Gasteiger partial charge in [-0.15, -0.1) is 0 Å². The molecule has 3 aromatic rings. The Bertz CT molecular complexity index is 1900. The summed E-state index contributed by atoms with van der Waals surface area (Å²) in [6, 6.07) is 12.3. The topological polar surface area (TPSA) is 129 Å². The molecule has 0 radical (unpaired) electrons. The van der Waals surface area contributed by atoms with Gasteiger partial charge in [-0.25, -0.2) is 13.6 Å². The van der Waals surface area contributed by atoms with E-state index in [1.807, 2.05) is 20.8 Å². The number of hydrogen-bond acceptors (Lipinski definition) is 7. The Morgan fingerprint density at radius 3 is 2.45 bits per heavy atom. The Balaban J connectivity index is 1.79. The molecular formula is C38H39Cl2F2N3O6. The van der Waals surface area contributed by atoms with Gasteiger partial charge in [-0.3, -0.25) is 14.5 Å². The second-order valence-electron chi connectivity index (χ2n) is 14.2. The minimum atomic E-state index is -1.90. The Kier molecular flexibility index (Phi) is 11.0. The molecule has 0 spiro atoms. The van der Waals surface area contributed by atoms with E-state index in [-0.39, 0.29) is 69.6 Å². The number of aromatic carboxylic acids is 1. The molecule has 9 nitrogen and oxygen atoms in total. The molecule has 1 unspecified atom stereocenters. The van der Waals surface area contributed by atoms with E-state index in [0.29, 0.717) is 6.42 Å². The molecule has 1 saturated carbocycles. The SMILES string of the molecule is CCOC(=O)[C@@H]1CC1CN1[C@@H](CC(C)(C)C)[C@](C#N)(c2ccc(Cl)cc2F)[C@@H](c2cccc(Cl)c2F)[C@@H]1C(=O)Nc1ccc(C(=O)O)cc1OC. The van der Waals surface area contributed by atoms with Crippen LogP contribution in [0.3, 0.4) is 0 Å². The summed E-state index contributed by atoms with van der Waals surface area (Å²) in [5.74, 6) is -6.01. The number of halogens is 4. The lowest BCUT2D eigenvalue weighted by atomic mass is 9.62. The first-order chi connectivity index (χ1) is 24.1. The number of rotatable bonds is 11. The van der Waals surface area contributed by atoms with E-state index in [9.17, 15) is 24.8 Å². The van der Waals surface area contributed by atoms with E-state index < -0.39 is 58.3 Å². The molecule has 1 aliphatic heterocycles. The summed E-state index contributed by atoms with van der Waals surface area (Å²) in [4.78, 5) is 41.2. The summed E-state index contributed by atoms with van der Waals surface area (Å²) in [6.45, 7) is 7.85. The molecule has 2 N–H and O–H groups in total. The van der Waals surface area contributed by atoms with Crippen LogP contribution in [0.1, 0.15) is 67.9 Å². The van der Waals surface area contributed by atoms with Crippen molar-refractivity contribution < 1.29 is 37.7 Å². The number of amides is 1. The third-order valence-electron chi connectivity index (χ3n) is 9.71. The highest BCUT2D eigenvalue weighted by Crippen LogP contribution is 2.58. The molecule has 0 bridgehead atoms. The zero-order valence-electron chi connectivity index (χ0n) is 28.8. The van der Waals surface area contributed by atoms with Crippen LogP contribution in [0.15, 0.2) is 54.6 Å². The third kappa shape index (κ3) is 7.41. The van der Waals surface area contributed by atoms with Crippen LogP contribution in [0.4, 0.5) is 14.5 Å². The summed E-state index contributed by atoms with van der Waals surface area (Å²) in [5, 5.41) is 23.6. The van der Waals surface area contributed by atoms with E-state index in [0.717, 1.165) is 6.07 Å². The van der Waals surface area contributed by atoms with E-state index in [4.69, 9.17) is 32.7 Å². The first-order valence-corrected chi connectivity index (χ1v) is 17.3. The van der Waals surface area contributed by atoms with Crippen LogP contribution in [-0.4, -0.2) is 60.2 Å². The smallest absolute Gasteiger partial charge is 0.335 e. The van der Waals surface area contributed by atoms with Gasteiger partial charge < -0.3 is 19.9 Å². The molecule has 51 heavy (non-hydrogen) atoms. The number of carboxylic acid groups (broad SMARTS) is 1. The molecule has 1 amide bonds. The van der Waals surface area contributed by atoms with Crippen molar-refractivity contribution in [1.29, 1.82) is 5.26 Å². The Labute approximate surface area is 305 Å². The number of hydrogen-bond donors (Lipinski definition) is 2. The van der Waals surface area contributed by atoms with Gasteiger partial charge in [-0.2, -0.15) is 5.26 Å². The van der Waals surface area contributed by atoms with E-state index in [1.54, 1.807) is 11.8 Å². The van der Waals surface area contributed by atoms with Crippen LogP contribution in [0.25, 0.3) is 0 Å². The molecule has 6 atom stereocenters. The molecular weight excluding hydrogens is 703 g/mol. The fourth-order valence-corrected chi connectivity index (χ4v) is 7.79. The normalized spacial score (nSPS) is 24.4. The number of benzene rings is 3. The van der Waals surface area contributed by atoms with Crippen molar-refractivity contribution >= 4 is 46.7 Å². The maximum Gasteiger partial charge on any atom is 0.335 e. The molecule has 5 rings (SSSR count). The van der Waals surface area contributed by atoms with Gasteiger partial charge in [0.25, 0.3) is 0 Å². The number of methoxy groups -OCH3 is 1. The van der Waals surface area contributed by atoms with Crippen molar-refractivity contribution in [2.45, 2.75) is 64.0 Å². The summed E-state index contributed by atoms with van der Waals surface area (Å²) in [6.07, 6.45) is 0.708. The van der Waals surface area contributed by atoms with Crippen LogP contribution in [0.5, 0.6) is 5.75 Å². The minimum absolute atomic E-state index is 0.0457. The number of nitrogens with one attached hydrogen (secondary N) is 1. The molecule has 2 fully saturated rings. The maximum atomic E-state index is 16.4. The van der Waals surface area contributed by atoms with E-state index in [2.05, 4.69) is 11.4 Å². The van der Waals surface area contributed by atoms with E-state index in [1.165, 1.54) is 55.6 Å². The molecule has 1 aliphatic carbocycles. The number of likely N-dealkylation sites (tertiary alicyclic amines) is 1. The van der Waals surface area contributed by atoms with Crippen molar-refractivity contribution in [2.24, 2.45) is 17.3 Å². The Morgan fingerprint density at radius 1 is 1.12 bits per heavy atom. The van der Waals surface area contributed by atoms with Crippen LogP contribution in [0.2, 0.25) is 10.0 Å². The first kappa shape index (κ1) is 38.0. The quantitative estimate of drug-likeness (QED) is 0.190. The largest absolute Gasteiger partial charge is 0.495 e. The van der Waals surface area contributed by atoms with Gasteiger partial charge in [0.1, 0.15) is 22.8 Å². The fraction of sp³-hybridized carbons (Fsp3) is 0.421. The van der Waals surface area contributed by atoms with Crippen LogP contribution in [-0.2, 0) is 19.7 Å². The monoisotopic (exact) mass is 741 g/mol. The summed E-state index contributed by atoms with van der Waals surface area (Å²) < 4.78 is 43.4. The summed E-state index contributed by atoms with van der Waals surface area (Å²) in [7, 11) is 1.31. The highest BCUT2D eigenvalue weighted by Gasteiger charge is 2.66. The van der Waals surface area contributed by atoms with Crippen molar-refractivity contribution in [3.8, 4) is 11.8 Å². The van der Waals surface area contributed by atoms with Gasteiger partial charge in [0.05, 0.1) is 48.0 Å². The van der Waals surface area contributed by atoms with E-state index >= 15 is 8.78 Å². The predicted molar refractivity (Wildman–Crippen MR) is 188 cm³/mol. The number of carboxylic acids is 1. The summed E-state index contributed by atoms with van der Waals surface area (Å²) >= 11 is 12.5. The summed E-state index contributed by atoms with van der Waals surface area (Å²) in [5.41, 5.74) is -2.53. The van der Waals surface area contributed by atoms with Crippen LogP contribution in [0, 0.1) is 40.2 Å². The van der Waals surface area contributed by atoms with Crippen molar-refractivity contribution in [3.63, 3.8) is 0 Å². The minimum Gasteiger partial charge on any atom is -0.495 e. The number of esters is 1. The number of nitriles is 1. The van der Waals surface area contributed by atoms with Crippen molar-refractivity contribution in [1.82, 2.24) is 4.90 Å². The molecule has 0 aromatic heterocycles. The third-order valence-corrected chi connectivity index (χ3v) is 10.2. The molecule has 270 valence electrons. The van der Waals surface area contributed by atoms with Crippen LogP contribution < -0.4 is 10.1 Å². The van der Waals surface area contributed by atoms with Crippen molar-refractivity contribution in [3.05, 3.63) is 93.0 Å². The first-order valence-electron chi connectivity index (χ1n) is 16.5. The van der Waals surface area contributed by atoms with Gasteiger partial charge >= 0.3 is 11.9 Å². The Morgan fingerprint density at radius 2 is 1.84 bits per heavy atom. The lowest BCUT2D eigenvalue weighted by Crippen LogP contribution is -2.48. The van der Waals surface area contributed by atoms with Gasteiger partial charge in [-0.05, 0) is 73.1 Å². The fourth-order valence-electron chi connectivity index (χ4n) is 7.45. The second-order valence-corrected chi connectivity index (χ2v) is 15.1. The number of nitrogens with zero attached hydrogens (tertiary/aromatic N) is 2. The maximum absolute atomic E-state index is 16.4. The number of anilines is 1. The average molecular weight is 743 g/mol. The molecule has 2 aliphatic rings. The zero-order valence-corrected chi connectivity index (χ0v) is 30.3. The highest BCUT2D eigenvalue weighted by molar-refractivity contribution is 6.31. The molecule has 1 saturated heterocycles. The van der Waals surface area contributed by atoms with Gasteiger partial charge in [-0.1, -0.05) is 62.2 Å². The van der Waals surface area contributed by atoms with Gasteiger partial charge in [0.15, 0.2) is 0 Å². The van der Waals surface area contributed by atoms with Crippen LogP contribution >= 0.6 is 23.2 Å². The molecule has 3 aromatic carbocycles. The van der Waals surface area contributed by atoms with Crippen molar-refractivity contribution in [2.75, 3.05) is 25.6 Å². The zero-order chi connectivity index (χ0) is 37.4. The predicted octanol–water partition coefficient (Wildman–Crippen LogP) is 7.85. The lowest BCUT2D eigenvalue weighted by molar-refractivity contribution is -0.145. The number of carbonyl (C=O) groups excluding carboxylic acids is 2. The average Bonchev–Trinajstić information content (AvgIpc) is 3.79. The number of carbonyl (C=O) groups is 3. The molecule has 13 heteroatoms. The highest BCUT2D eigenvalue weighted by atomic mass is 35.5.